The number of hydrogen-bond acceptors (Lipinski definition) is 6. The summed E-state index contributed by atoms with van der Waals surface area (Å²) >= 11 is 6.87. The van der Waals surface area contributed by atoms with Crippen LogP contribution in [-0.4, -0.2) is 71.4 Å². The lowest BCUT2D eigenvalue weighted by Crippen LogP contribution is -2.52. The van der Waals surface area contributed by atoms with Crippen LogP contribution in [0.2, 0.25) is 5.02 Å². The van der Waals surface area contributed by atoms with Crippen LogP contribution in [0.25, 0.3) is 0 Å². The summed E-state index contributed by atoms with van der Waals surface area (Å²) < 4.78 is 5.52. The Kier molecular flexibility index (Phi) is 7.82. The third kappa shape index (κ3) is 6.03. The molecule has 4 heterocycles. The summed E-state index contributed by atoms with van der Waals surface area (Å²) in [7, 11) is 0. The second kappa shape index (κ2) is 11.0. The van der Waals surface area contributed by atoms with Gasteiger partial charge in [0.25, 0.3) is 5.91 Å². The predicted molar refractivity (Wildman–Crippen MR) is 148 cm³/mol. The Bertz CT molecular complexity index is 1150. The van der Waals surface area contributed by atoms with Crippen molar-refractivity contribution < 1.29 is 23.9 Å². The summed E-state index contributed by atoms with van der Waals surface area (Å²) in [6.07, 6.45) is 5.75. The standard InChI is InChI=1S/C29H39ClN4O5/c1-29(2,3)39-28(38)33-14-10-19(11-15-33)16-18-8-12-32(13-9-18)22-5-4-20-21(25(22)30)17-34(27(20)37)23-6-7-24(35)31-26(23)36/h4-5,18-19,23H,6-17H2,1-3H3,(H,31,35,36). The topological polar surface area (TPSA) is 99.3 Å². The zero-order chi connectivity index (χ0) is 27.9. The number of fused-ring (bicyclic) bond motifs is 1. The number of hydrogen-bond donors (Lipinski definition) is 1. The molecule has 5 rings (SSSR count). The smallest absolute Gasteiger partial charge is 0.410 e. The minimum absolute atomic E-state index is 0.204. The van der Waals surface area contributed by atoms with Gasteiger partial charge in [-0.25, -0.2) is 4.79 Å². The molecule has 0 bridgehead atoms. The summed E-state index contributed by atoms with van der Waals surface area (Å²) in [4.78, 5) is 55.0. The van der Waals surface area contributed by atoms with Crippen LogP contribution in [0, 0.1) is 11.8 Å². The van der Waals surface area contributed by atoms with Gasteiger partial charge in [0.05, 0.1) is 10.7 Å². The Balaban J connectivity index is 1.13. The number of rotatable bonds is 4. The van der Waals surface area contributed by atoms with Crippen LogP contribution in [0.5, 0.6) is 0 Å². The molecule has 0 spiro atoms. The molecule has 0 saturated carbocycles. The van der Waals surface area contributed by atoms with Crippen molar-refractivity contribution in [3.05, 3.63) is 28.3 Å². The number of nitrogens with one attached hydrogen (secondary N) is 1. The predicted octanol–water partition coefficient (Wildman–Crippen LogP) is 4.35. The van der Waals surface area contributed by atoms with Crippen molar-refractivity contribution >= 4 is 41.1 Å². The van der Waals surface area contributed by atoms with Gasteiger partial charge in [0.15, 0.2) is 0 Å². The molecule has 0 aliphatic carbocycles. The van der Waals surface area contributed by atoms with Crippen molar-refractivity contribution in [2.75, 3.05) is 31.1 Å². The van der Waals surface area contributed by atoms with Gasteiger partial charge < -0.3 is 19.4 Å². The van der Waals surface area contributed by atoms with Gasteiger partial charge in [-0.1, -0.05) is 11.6 Å². The molecule has 1 aromatic rings. The molecule has 10 heteroatoms. The first kappa shape index (κ1) is 27.7. The number of carbonyl (C=O) groups excluding carboxylic acids is 4. The van der Waals surface area contributed by atoms with Gasteiger partial charge in [-0.05, 0) is 83.3 Å². The minimum Gasteiger partial charge on any atom is -0.444 e. The number of imide groups is 1. The van der Waals surface area contributed by atoms with E-state index in [0.29, 0.717) is 28.8 Å². The maximum Gasteiger partial charge on any atom is 0.410 e. The fourth-order valence-electron chi connectivity index (χ4n) is 6.39. The van der Waals surface area contributed by atoms with E-state index in [0.717, 1.165) is 63.1 Å². The monoisotopic (exact) mass is 558 g/mol. The molecular formula is C29H39ClN4O5. The number of halogens is 1. The molecule has 212 valence electrons. The van der Waals surface area contributed by atoms with Crippen LogP contribution in [0.1, 0.15) is 81.6 Å². The van der Waals surface area contributed by atoms with Crippen LogP contribution < -0.4 is 10.2 Å². The number of carbonyl (C=O) groups is 4. The summed E-state index contributed by atoms with van der Waals surface area (Å²) in [6, 6.07) is 3.11. The van der Waals surface area contributed by atoms with Crippen molar-refractivity contribution in [1.29, 1.82) is 0 Å². The molecule has 0 aromatic heterocycles. The Labute approximate surface area is 235 Å². The van der Waals surface area contributed by atoms with Crippen molar-refractivity contribution in [3.63, 3.8) is 0 Å². The van der Waals surface area contributed by atoms with Crippen LogP contribution in [0.15, 0.2) is 12.1 Å². The normalized spacial score (nSPS) is 23.2. The molecule has 1 N–H and O–H groups in total. The van der Waals surface area contributed by atoms with Crippen molar-refractivity contribution in [2.24, 2.45) is 11.8 Å². The van der Waals surface area contributed by atoms with Crippen LogP contribution >= 0.6 is 11.6 Å². The zero-order valence-electron chi connectivity index (χ0n) is 23.1. The van der Waals surface area contributed by atoms with Gasteiger partial charge >= 0.3 is 6.09 Å². The molecule has 0 radical (unpaired) electrons. The molecule has 39 heavy (non-hydrogen) atoms. The minimum atomic E-state index is -0.645. The lowest BCUT2D eigenvalue weighted by atomic mass is 9.82. The summed E-state index contributed by atoms with van der Waals surface area (Å²) in [5.74, 6) is 0.367. The second-order valence-corrected chi connectivity index (χ2v) is 12.8. The molecule has 1 aromatic carbocycles. The number of anilines is 1. The number of likely N-dealkylation sites (tertiary alicyclic amines) is 1. The van der Waals surface area contributed by atoms with E-state index in [1.165, 1.54) is 6.42 Å². The number of ether oxygens (including phenoxy) is 1. The third-order valence-electron chi connectivity index (χ3n) is 8.52. The molecule has 1 atom stereocenters. The quantitative estimate of drug-likeness (QED) is 0.551. The molecule has 1 unspecified atom stereocenters. The van der Waals surface area contributed by atoms with E-state index < -0.39 is 17.6 Å². The van der Waals surface area contributed by atoms with Crippen molar-refractivity contribution in [3.8, 4) is 0 Å². The fourth-order valence-corrected chi connectivity index (χ4v) is 6.74. The van der Waals surface area contributed by atoms with Gasteiger partial charge in [-0.2, -0.15) is 0 Å². The fraction of sp³-hybridized carbons (Fsp3) is 0.655. The highest BCUT2D eigenvalue weighted by atomic mass is 35.5. The van der Waals surface area contributed by atoms with Crippen LogP contribution in [0.3, 0.4) is 0 Å². The van der Waals surface area contributed by atoms with Gasteiger partial charge in [0.1, 0.15) is 11.6 Å². The van der Waals surface area contributed by atoms with Gasteiger partial charge in [-0.3, -0.25) is 19.7 Å². The lowest BCUT2D eigenvalue weighted by Gasteiger charge is -2.38. The number of benzene rings is 1. The first-order valence-electron chi connectivity index (χ1n) is 14.2. The lowest BCUT2D eigenvalue weighted by molar-refractivity contribution is -0.136. The molecule has 3 saturated heterocycles. The second-order valence-electron chi connectivity index (χ2n) is 12.4. The van der Waals surface area contributed by atoms with E-state index in [-0.39, 0.29) is 30.9 Å². The molecule has 9 nitrogen and oxygen atoms in total. The molecular weight excluding hydrogens is 520 g/mol. The highest BCUT2D eigenvalue weighted by molar-refractivity contribution is 6.35. The Morgan fingerprint density at radius 3 is 2.26 bits per heavy atom. The number of amides is 4. The summed E-state index contributed by atoms with van der Waals surface area (Å²) in [6.45, 7) is 9.32. The molecule has 4 aliphatic rings. The first-order valence-corrected chi connectivity index (χ1v) is 14.6. The zero-order valence-corrected chi connectivity index (χ0v) is 23.9. The highest BCUT2D eigenvalue weighted by Gasteiger charge is 2.40. The number of piperidine rings is 3. The van der Waals surface area contributed by atoms with E-state index in [1.807, 2.05) is 37.8 Å². The SMILES string of the molecule is CC(C)(C)OC(=O)N1CCC(CC2CCN(c3ccc4c(c3Cl)CN(C3CCC(=O)NC3=O)C4=O)CC2)CC1. The molecule has 4 amide bonds. The average molecular weight is 559 g/mol. The highest BCUT2D eigenvalue weighted by Crippen LogP contribution is 2.40. The maximum atomic E-state index is 13.1. The van der Waals surface area contributed by atoms with E-state index in [4.69, 9.17) is 16.3 Å². The molecule has 4 aliphatic heterocycles. The van der Waals surface area contributed by atoms with Gasteiger partial charge in [0, 0.05) is 50.3 Å². The third-order valence-corrected chi connectivity index (χ3v) is 8.94. The van der Waals surface area contributed by atoms with Crippen LogP contribution in [0.4, 0.5) is 10.5 Å². The summed E-state index contributed by atoms with van der Waals surface area (Å²) in [5.41, 5.74) is 1.78. The summed E-state index contributed by atoms with van der Waals surface area (Å²) in [5, 5.41) is 2.93. The van der Waals surface area contributed by atoms with E-state index in [2.05, 4.69) is 10.2 Å². The van der Waals surface area contributed by atoms with Crippen LogP contribution in [-0.2, 0) is 20.9 Å². The van der Waals surface area contributed by atoms with Crippen molar-refractivity contribution in [2.45, 2.75) is 83.9 Å². The average Bonchev–Trinajstić information content (AvgIpc) is 3.21. The first-order chi connectivity index (χ1) is 18.5. The molecule has 3 fully saturated rings. The van der Waals surface area contributed by atoms with E-state index in [9.17, 15) is 19.2 Å². The van der Waals surface area contributed by atoms with E-state index >= 15 is 0 Å². The van der Waals surface area contributed by atoms with Gasteiger partial charge in [0.2, 0.25) is 11.8 Å². The number of nitrogens with zero attached hydrogens (tertiary/aromatic N) is 3. The Morgan fingerprint density at radius 2 is 1.64 bits per heavy atom. The largest absolute Gasteiger partial charge is 0.444 e. The maximum absolute atomic E-state index is 13.1. The Hall–Kier alpha value is -2.81. The van der Waals surface area contributed by atoms with Crippen molar-refractivity contribution in [1.82, 2.24) is 15.1 Å². The van der Waals surface area contributed by atoms with E-state index in [1.54, 1.807) is 4.90 Å². The Morgan fingerprint density at radius 1 is 1.00 bits per heavy atom. The van der Waals surface area contributed by atoms with Gasteiger partial charge in [-0.15, -0.1) is 0 Å².